The van der Waals surface area contributed by atoms with Crippen molar-refractivity contribution in [1.82, 2.24) is 9.55 Å². The number of imidazole rings is 1. The van der Waals surface area contributed by atoms with Gasteiger partial charge in [-0.1, -0.05) is 11.6 Å². The van der Waals surface area contributed by atoms with Gasteiger partial charge in [0.2, 0.25) is 5.91 Å². The quantitative estimate of drug-likeness (QED) is 0.854. The van der Waals surface area contributed by atoms with Crippen molar-refractivity contribution >= 4 is 17.6 Å². The van der Waals surface area contributed by atoms with Gasteiger partial charge in [0.15, 0.2) is 0 Å². The van der Waals surface area contributed by atoms with Gasteiger partial charge in [0.1, 0.15) is 0 Å². The van der Waals surface area contributed by atoms with Crippen LogP contribution < -0.4 is 5.32 Å². The van der Waals surface area contributed by atoms with Gasteiger partial charge in [-0.15, -0.1) is 0 Å². The Labute approximate surface area is 122 Å². The molecule has 6 nitrogen and oxygen atoms in total. The van der Waals surface area contributed by atoms with Gasteiger partial charge in [-0.25, -0.2) is 9.78 Å². The predicted molar refractivity (Wildman–Crippen MR) is 78.0 cm³/mol. The van der Waals surface area contributed by atoms with Crippen molar-refractivity contribution in [2.24, 2.45) is 0 Å². The minimum atomic E-state index is -0.469. The number of methoxy groups -OCH3 is 1. The number of benzene rings is 1. The minimum absolute atomic E-state index is 0.169. The summed E-state index contributed by atoms with van der Waals surface area (Å²) in [5, 5.41) is 2.74. The van der Waals surface area contributed by atoms with E-state index in [2.05, 4.69) is 10.3 Å². The molecular weight excluding hydrogens is 270 g/mol. The van der Waals surface area contributed by atoms with Crippen LogP contribution in [-0.2, 0) is 16.1 Å². The van der Waals surface area contributed by atoms with Crippen LogP contribution in [0.3, 0.4) is 0 Å². The number of anilines is 1. The Morgan fingerprint density at radius 1 is 1.38 bits per heavy atom. The molecule has 110 valence electrons. The third-order valence-electron chi connectivity index (χ3n) is 3.01. The lowest BCUT2D eigenvalue weighted by molar-refractivity contribution is -0.116. The standard InChI is InChI=1S/C15H17N3O3/c1-11-3-4-13(12(9-11)15(20)21-2)17-14(19)5-7-18-8-6-16-10-18/h3-4,6,8-10H,5,7H2,1-2H3,(H,17,19). The fourth-order valence-electron chi connectivity index (χ4n) is 1.91. The summed E-state index contributed by atoms with van der Waals surface area (Å²) in [5.74, 6) is -0.638. The van der Waals surface area contributed by atoms with E-state index in [-0.39, 0.29) is 5.91 Å². The largest absolute Gasteiger partial charge is 0.465 e. The Hall–Kier alpha value is -2.63. The molecule has 2 aromatic rings. The highest BCUT2D eigenvalue weighted by molar-refractivity contribution is 6.01. The van der Waals surface area contributed by atoms with Gasteiger partial charge in [0, 0.05) is 25.4 Å². The second-order valence-electron chi connectivity index (χ2n) is 4.64. The fourth-order valence-corrected chi connectivity index (χ4v) is 1.91. The lowest BCUT2D eigenvalue weighted by atomic mass is 10.1. The third kappa shape index (κ3) is 3.92. The molecule has 1 N–H and O–H groups in total. The molecule has 1 amide bonds. The average Bonchev–Trinajstić information content (AvgIpc) is 2.99. The van der Waals surface area contributed by atoms with Crippen LogP contribution in [0.2, 0.25) is 0 Å². The van der Waals surface area contributed by atoms with E-state index in [1.165, 1.54) is 7.11 Å². The first kappa shape index (κ1) is 14.8. The molecule has 0 saturated carbocycles. The topological polar surface area (TPSA) is 73.2 Å². The van der Waals surface area contributed by atoms with Gasteiger partial charge in [-0.05, 0) is 19.1 Å². The van der Waals surface area contributed by atoms with E-state index in [9.17, 15) is 9.59 Å². The SMILES string of the molecule is COC(=O)c1cc(C)ccc1NC(=O)CCn1ccnc1. The van der Waals surface area contributed by atoms with Crippen molar-refractivity contribution in [3.63, 3.8) is 0 Å². The summed E-state index contributed by atoms with van der Waals surface area (Å²) in [6, 6.07) is 5.23. The first-order valence-electron chi connectivity index (χ1n) is 6.54. The summed E-state index contributed by atoms with van der Waals surface area (Å²) in [4.78, 5) is 27.6. The highest BCUT2D eigenvalue weighted by Gasteiger charge is 2.14. The summed E-state index contributed by atoms with van der Waals surface area (Å²) >= 11 is 0. The molecule has 0 bridgehead atoms. The van der Waals surface area contributed by atoms with E-state index in [1.807, 2.05) is 17.6 Å². The number of hydrogen-bond donors (Lipinski definition) is 1. The normalized spacial score (nSPS) is 10.2. The van der Waals surface area contributed by atoms with Crippen LogP contribution in [-0.4, -0.2) is 28.5 Å². The summed E-state index contributed by atoms with van der Waals surface area (Å²) in [6.45, 7) is 2.41. The molecule has 1 aromatic carbocycles. The number of carbonyl (C=O) groups is 2. The van der Waals surface area contributed by atoms with E-state index in [0.29, 0.717) is 24.2 Å². The molecule has 6 heteroatoms. The Balaban J connectivity index is 2.04. The van der Waals surface area contributed by atoms with Crippen molar-refractivity contribution in [1.29, 1.82) is 0 Å². The number of nitrogens with zero attached hydrogens (tertiary/aromatic N) is 2. The van der Waals surface area contributed by atoms with E-state index < -0.39 is 5.97 Å². The van der Waals surface area contributed by atoms with Crippen LogP contribution in [0.25, 0.3) is 0 Å². The summed E-state index contributed by atoms with van der Waals surface area (Å²) in [6.07, 6.45) is 5.40. The molecular formula is C15H17N3O3. The molecule has 0 atom stereocenters. The van der Waals surface area contributed by atoms with Crippen LogP contribution in [0.4, 0.5) is 5.69 Å². The highest BCUT2D eigenvalue weighted by Crippen LogP contribution is 2.18. The van der Waals surface area contributed by atoms with E-state index >= 15 is 0 Å². The molecule has 0 aliphatic heterocycles. The monoisotopic (exact) mass is 287 g/mol. The molecule has 0 aliphatic carbocycles. The Bertz CT molecular complexity index is 636. The van der Waals surface area contributed by atoms with Crippen LogP contribution in [0, 0.1) is 6.92 Å². The number of rotatable bonds is 5. The summed E-state index contributed by atoms with van der Waals surface area (Å²) in [7, 11) is 1.31. The van der Waals surface area contributed by atoms with Gasteiger partial charge in [-0.2, -0.15) is 0 Å². The number of hydrogen-bond acceptors (Lipinski definition) is 4. The van der Waals surface area contributed by atoms with Crippen molar-refractivity contribution < 1.29 is 14.3 Å². The minimum Gasteiger partial charge on any atom is -0.465 e. The lowest BCUT2D eigenvalue weighted by Crippen LogP contribution is -2.17. The van der Waals surface area contributed by atoms with E-state index in [0.717, 1.165) is 5.56 Å². The molecule has 21 heavy (non-hydrogen) atoms. The van der Waals surface area contributed by atoms with Crippen molar-refractivity contribution in [3.8, 4) is 0 Å². The third-order valence-corrected chi connectivity index (χ3v) is 3.01. The number of aromatic nitrogens is 2. The molecule has 1 heterocycles. The Morgan fingerprint density at radius 2 is 2.19 bits per heavy atom. The van der Waals surface area contributed by atoms with Crippen molar-refractivity contribution in [3.05, 3.63) is 48.0 Å². The highest BCUT2D eigenvalue weighted by atomic mass is 16.5. The van der Waals surface area contributed by atoms with Gasteiger partial charge in [0.25, 0.3) is 0 Å². The van der Waals surface area contributed by atoms with Crippen molar-refractivity contribution in [2.45, 2.75) is 19.9 Å². The number of carbonyl (C=O) groups excluding carboxylic acids is 2. The molecule has 0 saturated heterocycles. The summed E-state index contributed by atoms with van der Waals surface area (Å²) in [5.41, 5.74) is 1.74. The molecule has 0 spiro atoms. The second kappa shape index (κ2) is 6.69. The number of esters is 1. The zero-order chi connectivity index (χ0) is 15.2. The van der Waals surface area contributed by atoms with Crippen LogP contribution in [0.15, 0.2) is 36.9 Å². The predicted octanol–water partition coefficient (Wildman–Crippen LogP) is 2.01. The van der Waals surface area contributed by atoms with Gasteiger partial charge in [-0.3, -0.25) is 4.79 Å². The molecule has 0 fully saturated rings. The Morgan fingerprint density at radius 3 is 2.86 bits per heavy atom. The lowest BCUT2D eigenvalue weighted by Gasteiger charge is -2.11. The average molecular weight is 287 g/mol. The van der Waals surface area contributed by atoms with E-state index in [1.54, 1.807) is 30.9 Å². The molecule has 0 radical (unpaired) electrons. The number of aryl methyl sites for hydroxylation is 2. The van der Waals surface area contributed by atoms with Crippen molar-refractivity contribution in [2.75, 3.05) is 12.4 Å². The molecule has 2 rings (SSSR count). The van der Waals surface area contributed by atoms with Crippen LogP contribution >= 0.6 is 0 Å². The van der Waals surface area contributed by atoms with Gasteiger partial charge < -0.3 is 14.6 Å². The molecule has 0 aliphatic rings. The molecule has 0 unspecified atom stereocenters. The Kier molecular flexibility index (Phi) is 4.71. The number of amides is 1. The molecule has 1 aromatic heterocycles. The second-order valence-corrected chi connectivity index (χ2v) is 4.64. The maximum atomic E-state index is 12.0. The smallest absolute Gasteiger partial charge is 0.339 e. The van der Waals surface area contributed by atoms with E-state index in [4.69, 9.17) is 4.74 Å². The fraction of sp³-hybridized carbons (Fsp3) is 0.267. The number of nitrogens with one attached hydrogen (secondary N) is 1. The van der Waals surface area contributed by atoms with Crippen LogP contribution in [0.5, 0.6) is 0 Å². The number of ether oxygens (including phenoxy) is 1. The maximum absolute atomic E-state index is 12.0. The zero-order valence-corrected chi connectivity index (χ0v) is 12.0. The first-order chi connectivity index (χ1) is 10.1. The van der Waals surface area contributed by atoms with Gasteiger partial charge >= 0.3 is 5.97 Å². The summed E-state index contributed by atoms with van der Waals surface area (Å²) < 4.78 is 6.55. The zero-order valence-electron chi connectivity index (χ0n) is 12.0. The van der Waals surface area contributed by atoms with Crippen LogP contribution in [0.1, 0.15) is 22.3 Å². The maximum Gasteiger partial charge on any atom is 0.339 e. The van der Waals surface area contributed by atoms with Gasteiger partial charge in [0.05, 0.1) is 24.7 Å². The first-order valence-corrected chi connectivity index (χ1v) is 6.54.